The summed E-state index contributed by atoms with van der Waals surface area (Å²) in [7, 11) is 0. The highest BCUT2D eigenvalue weighted by Crippen LogP contribution is 2.24. The Labute approximate surface area is 202 Å². The van der Waals surface area contributed by atoms with Gasteiger partial charge in [0.05, 0.1) is 29.1 Å². The van der Waals surface area contributed by atoms with Crippen LogP contribution in [0.4, 0.5) is 10.5 Å². The molecule has 0 fully saturated rings. The molecule has 1 aliphatic heterocycles. The minimum atomic E-state index is -0.581. The second-order valence-electron chi connectivity index (χ2n) is 8.74. The number of amides is 1. The third kappa shape index (κ3) is 5.96. The summed E-state index contributed by atoms with van der Waals surface area (Å²) in [6.45, 7) is 10.4. The van der Waals surface area contributed by atoms with Crippen LogP contribution in [0.3, 0.4) is 0 Å². The Hall–Kier alpha value is -2.69. The van der Waals surface area contributed by atoms with Gasteiger partial charge in [-0.2, -0.15) is 13.0 Å². The van der Waals surface area contributed by atoms with Gasteiger partial charge < -0.3 is 15.0 Å². The molecule has 2 aromatic rings. The van der Waals surface area contributed by atoms with Gasteiger partial charge in [0.15, 0.2) is 0 Å². The Morgan fingerprint density at radius 1 is 1.19 bits per heavy atom. The highest BCUT2D eigenvalue weighted by Gasteiger charge is 2.22. The lowest BCUT2D eigenvalue weighted by Crippen LogP contribution is -2.38. The molecule has 1 amide bonds. The number of nitrogens with zero attached hydrogens (tertiary/aromatic N) is 4. The smallest absolute Gasteiger partial charge is 0.435 e. The average Bonchev–Trinajstić information content (AvgIpc) is 3.22. The summed E-state index contributed by atoms with van der Waals surface area (Å²) >= 11 is 1.98. The normalized spacial score (nSPS) is 15.1. The zero-order chi connectivity index (χ0) is 23.5. The van der Waals surface area contributed by atoms with Crippen molar-refractivity contribution >= 4 is 46.4 Å². The Balaban J connectivity index is 1.72. The Morgan fingerprint density at radius 2 is 1.88 bits per heavy atom. The number of benzene rings is 1. The highest BCUT2D eigenvalue weighted by atomic mass is 127. The maximum atomic E-state index is 12.2. The van der Waals surface area contributed by atoms with Crippen LogP contribution in [0.5, 0.6) is 0 Å². The van der Waals surface area contributed by atoms with Crippen molar-refractivity contribution in [2.45, 2.75) is 46.6 Å². The molecule has 0 saturated carbocycles. The average molecular weight is 549 g/mol. The minimum Gasteiger partial charge on any atom is -0.442 e. The van der Waals surface area contributed by atoms with E-state index in [1.165, 1.54) is 10.3 Å². The lowest BCUT2D eigenvalue weighted by atomic mass is 10.00. The summed E-state index contributed by atoms with van der Waals surface area (Å²) in [5.41, 5.74) is 4.31. The monoisotopic (exact) mass is 549 g/mol. The molecule has 0 saturated heterocycles. The number of hydrogen-bond donors (Lipinski definition) is 1. The van der Waals surface area contributed by atoms with Crippen LogP contribution in [0.15, 0.2) is 51.0 Å². The van der Waals surface area contributed by atoms with E-state index in [1.807, 2.05) is 72.8 Å². The van der Waals surface area contributed by atoms with Crippen LogP contribution in [-0.2, 0) is 9.53 Å². The number of amidine groups is 1. The van der Waals surface area contributed by atoms with E-state index < -0.39 is 11.7 Å². The summed E-state index contributed by atoms with van der Waals surface area (Å²) in [6.07, 6.45) is 3.62. The number of carbonyl (C=O) groups excluding carboxylic acids is 2. The van der Waals surface area contributed by atoms with Gasteiger partial charge in [-0.05, 0) is 51.8 Å². The molecule has 1 aromatic carbocycles. The van der Waals surface area contributed by atoms with Crippen molar-refractivity contribution in [3.8, 4) is 11.1 Å². The van der Waals surface area contributed by atoms with Crippen molar-refractivity contribution in [1.29, 1.82) is 0 Å². The fraction of sp³-hybridized carbons (Fsp3) is 0.391. The third-order valence-corrected chi connectivity index (χ3v) is 5.56. The molecule has 0 atom stereocenters. The number of hydrogen-bond acceptors (Lipinski definition) is 5. The number of anilines is 1. The predicted molar refractivity (Wildman–Crippen MR) is 134 cm³/mol. The molecular weight excluding hydrogens is 521 g/mol. The van der Waals surface area contributed by atoms with Crippen LogP contribution in [0.25, 0.3) is 11.1 Å². The topological polar surface area (TPSA) is 88.8 Å². The summed E-state index contributed by atoms with van der Waals surface area (Å²) in [5, 5.41) is 7.49. The first-order valence-electron chi connectivity index (χ1n) is 10.4. The van der Waals surface area contributed by atoms with Gasteiger partial charge in [-0.1, -0.05) is 17.7 Å². The van der Waals surface area contributed by atoms with E-state index in [2.05, 4.69) is 20.5 Å². The van der Waals surface area contributed by atoms with Crippen molar-refractivity contribution in [1.82, 2.24) is 14.7 Å². The predicted octanol–water partition coefficient (Wildman–Crippen LogP) is 5.06. The third-order valence-electron chi connectivity index (χ3n) is 5.08. The molecule has 0 bridgehead atoms. The van der Waals surface area contributed by atoms with Crippen molar-refractivity contribution in [2.75, 3.05) is 18.4 Å². The number of nitrogens with one attached hydrogen (secondary N) is 1. The quantitative estimate of drug-likeness (QED) is 0.329. The lowest BCUT2D eigenvalue weighted by molar-refractivity contribution is -0.128. The zero-order valence-electron chi connectivity index (χ0n) is 19.0. The van der Waals surface area contributed by atoms with Gasteiger partial charge in [0.2, 0.25) is 5.91 Å². The van der Waals surface area contributed by atoms with Gasteiger partial charge in [0, 0.05) is 43.0 Å². The molecule has 0 unspecified atom stereocenters. The largest absolute Gasteiger partial charge is 0.442 e. The second-order valence-corrected chi connectivity index (χ2v) is 9.22. The van der Waals surface area contributed by atoms with Gasteiger partial charge in [-0.3, -0.25) is 4.79 Å². The van der Waals surface area contributed by atoms with Crippen LogP contribution in [-0.4, -0.2) is 51.2 Å². The molecule has 0 radical (unpaired) electrons. The van der Waals surface area contributed by atoms with Crippen LogP contribution < -0.4 is 5.32 Å². The Kier molecular flexibility index (Phi) is 7.37. The lowest BCUT2D eigenvalue weighted by Gasteiger charge is -2.29. The van der Waals surface area contributed by atoms with Crippen molar-refractivity contribution in [2.24, 2.45) is 3.21 Å². The Morgan fingerprint density at radius 3 is 2.47 bits per heavy atom. The number of carbonyl (C=O) groups is 2. The summed E-state index contributed by atoms with van der Waals surface area (Å²) in [6, 6.07) is 7.80. The fourth-order valence-corrected chi connectivity index (χ4v) is 3.73. The molecule has 32 heavy (non-hydrogen) atoms. The molecule has 0 spiro atoms. The number of ether oxygens (including phenoxy) is 1. The zero-order valence-corrected chi connectivity index (χ0v) is 21.1. The van der Waals surface area contributed by atoms with Gasteiger partial charge in [0.1, 0.15) is 11.4 Å². The molecule has 1 aliphatic rings. The second kappa shape index (κ2) is 9.85. The highest BCUT2D eigenvalue weighted by molar-refractivity contribution is 14.1. The van der Waals surface area contributed by atoms with Gasteiger partial charge in [-0.25, -0.2) is 4.79 Å². The molecule has 3 rings (SSSR count). The number of aromatic nitrogens is 2. The van der Waals surface area contributed by atoms with Crippen molar-refractivity contribution in [3.63, 3.8) is 0 Å². The van der Waals surface area contributed by atoms with Crippen LogP contribution in [0.2, 0.25) is 0 Å². The van der Waals surface area contributed by atoms with Crippen LogP contribution in [0, 0.1) is 0 Å². The fourth-order valence-electron chi connectivity index (χ4n) is 3.31. The first-order valence-corrected chi connectivity index (χ1v) is 11.3. The number of rotatable bonds is 3. The van der Waals surface area contributed by atoms with E-state index in [-0.39, 0.29) is 5.91 Å². The number of halogens is 1. The summed E-state index contributed by atoms with van der Waals surface area (Å²) < 4.78 is 10.9. The molecule has 170 valence electrons. The van der Waals surface area contributed by atoms with Crippen molar-refractivity contribution in [3.05, 3.63) is 47.8 Å². The molecule has 2 heterocycles. The van der Waals surface area contributed by atoms with Crippen LogP contribution >= 0.6 is 22.9 Å². The first kappa shape index (κ1) is 24.0. The minimum absolute atomic E-state index is 0.0686. The molecule has 1 aromatic heterocycles. The summed E-state index contributed by atoms with van der Waals surface area (Å²) in [5.74, 6) is 0.818. The molecule has 8 nitrogen and oxygen atoms in total. The standard InChI is InChI=1S/C23H28IN5O3/c1-15-10-11-28(16(2)30)14-20(15)21(27-24)26-19-8-6-17(7-9-19)18-12-25-29(13-18)22(31)32-23(3,4)5/h6-9,12-13H,10-11,14H2,1-5H3,(H,26,27). The van der Waals surface area contributed by atoms with E-state index >= 15 is 0 Å². The van der Waals surface area contributed by atoms with Gasteiger partial charge >= 0.3 is 6.09 Å². The molecule has 9 heteroatoms. The van der Waals surface area contributed by atoms with E-state index in [0.29, 0.717) is 6.54 Å². The summed E-state index contributed by atoms with van der Waals surface area (Å²) in [4.78, 5) is 25.8. The van der Waals surface area contributed by atoms with Gasteiger partial charge in [0.25, 0.3) is 0 Å². The maximum Gasteiger partial charge on any atom is 0.435 e. The van der Waals surface area contributed by atoms with Gasteiger partial charge in [-0.15, -0.1) is 0 Å². The van der Waals surface area contributed by atoms with E-state index in [9.17, 15) is 9.59 Å². The van der Waals surface area contributed by atoms with Crippen LogP contribution in [0.1, 0.15) is 41.0 Å². The molecule has 0 aliphatic carbocycles. The Bertz CT molecular complexity index is 1060. The molecule has 1 N–H and O–H groups in total. The van der Waals surface area contributed by atoms with Crippen molar-refractivity contribution < 1.29 is 14.3 Å². The first-order chi connectivity index (χ1) is 15.1. The molecular formula is C23H28IN5O3. The SMILES string of the molecule is CC(=O)N1CCC(C)=C(/C(=N\I)Nc2ccc(-c3cnn(C(=O)OC(C)(C)C)c3)cc2)C1. The van der Waals surface area contributed by atoms with E-state index in [0.717, 1.165) is 41.2 Å². The van der Waals surface area contributed by atoms with E-state index in [1.54, 1.807) is 19.3 Å². The van der Waals surface area contributed by atoms with E-state index in [4.69, 9.17) is 4.74 Å². The maximum absolute atomic E-state index is 12.2.